The molecule has 0 spiro atoms. The smallest absolute Gasteiger partial charge is 0.399 e. The maximum absolute atomic E-state index is 6.42. The van der Waals surface area contributed by atoms with Gasteiger partial charge in [-0.1, -0.05) is 29.8 Å². The van der Waals surface area contributed by atoms with E-state index in [1.54, 1.807) is 11.3 Å². The molecule has 0 N–H and O–H groups in total. The first-order valence-electron chi connectivity index (χ1n) is 7.75. The molecule has 0 bridgehead atoms. The third-order valence-electron chi connectivity index (χ3n) is 4.99. The molecular formula is C18H18BClO2S. The number of fused-ring (bicyclic) bond motifs is 3. The van der Waals surface area contributed by atoms with Crippen molar-refractivity contribution >= 4 is 55.7 Å². The lowest BCUT2D eigenvalue weighted by atomic mass is 9.78. The highest BCUT2D eigenvalue weighted by Gasteiger charge is 2.51. The van der Waals surface area contributed by atoms with Crippen LogP contribution in [-0.2, 0) is 9.31 Å². The fraction of sp³-hybridized carbons (Fsp3) is 0.333. The number of halogens is 1. The highest BCUT2D eigenvalue weighted by atomic mass is 35.5. The molecule has 0 radical (unpaired) electrons. The predicted molar refractivity (Wildman–Crippen MR) is 100 cm³/mol. The van der Waals surface area contributed by atoms with Crippen LogP contribution in [0.1, 0.15) is 27.7 Å². The van der Waals surface area contributed by atoms with Crippen LogP contribution < -0.4 is 5.46 Å². The van der Waals surface area contributed by atoms with Crippen molar-refractivity contribution in [2.45, 2.75) is 38.9 Å². The summed E-state index contributed by atoms with van der Waals surface area (Å²) < 4.78 is 14.8. The van der Waals surface area contributed by atoms with E-state index in [1.165, 1.54) is 14.8 Å². The maximum atomic E-state index is 6.42. The summed E-state index contributed by atoms with van der Waals surface area (Å²) in [6.45, 7) is 8.29. The molecule has 0 aliphatic carbocycles. The Bertz CT molecular complexity index is 900. The molecule has 0 saturated carbocycles. The Balaban J connectivity index is 1.85. The van der Waals surface area contributed by atoms with Gasteiger partial charge in [0.2, 0.25) is 0 Å². The van der Waals surface area contributed by atoms with Gasteiger partial charge in [0.05, 0.1) is 11.2 Å². The van der Waals surface area contributed by atoms with E-state index < -0.39 is 0 Å². The zero-order chi connectivity index (χ0) is 16.4. The number of rotatable bonds is 1. The Kier molecular flexibility index (Phi) is 3.34. The van der Waals surface area contributed by atoms with E-state index in [0.717, 1.165) is 15.9 Å². The predicted octanol–water partition coefficient (Wildman–Crippen LogP) is 5.01. The summed E-state index contributed by atoms with van der Waals surface area (Å²) in [7, 11) is -0.346. The molecule has 2 aromatic carbocycles. The van der Waals surface area contributed by atoms with Crippen LogP contribution in [0, 0.1) is 0 Å². The van der Waals surface area contributed by atoms with Crippen LogP contribution in [0.2, 0.25) is 5.02 Å². The van der Waals surface area contributed by atoms with Gasteiger partial charge in [-0.15, -0.1) is 11.3 Å². The number of benzene rings is 2. The zero-order valence-electron chi connectivity index (χ0n) is 13.6. The van der Waals surface area contributed by atoms with E-state index in [1.807, 2.05) is 12.1 Å². The van der Waals surface area contributed by atoms with Gasteiger partial charge in [-0.2, -0.15) is 0 Å². The molecule has 2 nitrogen and oxygen atoms in total. The van der Waals surface area contributed by atoms with E-state index in [2.05, 4.69) is 52.0 Å². The van der Waals surface area contributed by atoms with E-state index in [9.17, 15) is 0 Å². The van der Waals surface area contributed by atoms with Crippen LogP contribution in [0.5, 0.6) is 0 Å². The summed E-state index contributed by atoms with van der Waals surface area (Å²) in [5.41, 5.74) is 0.373. The summed E-state index contributed by atoms with van der Waals surface area (Å²) in [6, 6.07) is 12.4. The van der Waals surface area contributed by atoms with Gasteiger partial charge in [-0.05, 0) is 51.4 Å². The van der Waals surface area contributed by atoms with Crippen LogP contribution in [0.4, 0.5) is 0 Å². The van der Waals surface area contributed by atoms with Gasteiger partial charge in [-0.3, -0.25) is 0 Å². The summed E-state index contributed by atoms with van der Waals surface area (Å²) in [6.07, 6.45) is 0. The fourth-order valence-corrected chi connectivity index (χ4v) is 4.37. The first-order valence-corrected chi connectivity index (χ1v) is 8.94. The number of thiophene rings is 1. The Labute approximate surface area is 145 Å². The van der Waals surface area contributed by atoms with Crippen molar-refractivity contribution < 1.29 is 9.31 Å². The second kappa shape index (κ2) is 4.96. The molecule has 3 aromatic rings. The highest BCUT2D eigenvalue weighted by Crippen LogP contribution is 2.39. The Morgan fingerprint density at radius 3 is 2.35 bits per heavy atom. The molecule has 0 unspecified atom stereocenters. The molecule has 1 aliphatic rings. The Morgan fingerprint density at radius 2 is 1.65 bits per heavy atom. The lowest BCUT2D eigenvalue weighted by Gasteiger charge is -2.32. The quantitative estimate of drug-likeness (QED) is 0.578. The summed E-state index contributed by atoms with van der Waals surface area (Å²) in [5.74, 6) is 0. The van der Waals surface area contributed by atoms with Crippen molar-refractivity contribution in [3.63, 3.8) is 0 Å². The average Bonchev–Trinajstić information content (AvgIpc) is 2.93. The third-order valence-corrected chi connectivity index (χ3v) is 6.44. The van der Waals surface area contributed by atoms with Crippen LogP contribution in [0.3, 0.4) is 0 Å². The highest BCUT2D eigenvalue weighted by molar-refractivity contribution is 7.26. The second-order valence-electron chi connectivity index (χ2n) is 7.06. The van der Waals surface area contributed by atoms with Crippen molar-refractivity contribution in [3.05, 3.63) is 41.4 Å². The largest absolute Gasteiger partial charge is 0.494 e. The molecule has 1 aromatic heterocycles. The zero-order valence-corrected chi connectivity index (χ0v) is 15.2. The van der Waals surface area contributed by atoms with Gasteiger partial charge < -0.3 is 9.31 Å². The van der Waals surface area contributed by atoms with Crippen LogP contribution in [0.15, 0.2) is 36.4 Å². The molecule has 1 saturated heterocycles. The topological polar surface area (TPSA) is 18.5 Å². The maximum Gasteiger partial charge on any atom is 0.494 e. The standard InChI is InChI=1S/C18H18BClO2S/c1-17(2)18(3,4)22-19(21-17)11-8-9-14-12(10-11)16-13(20)6-5-7-15(16)23-14/h5-10H,1-4H3. The van der Waals surface area contributed by atoms with Crippen molar-refractivity contribution in [2.24, 2.45) is 0 Å². The molecule has 2 heterocycles. The van der Waals surface area contributed by atoms with Crippen molar-refractivity contribution in [1.29, 1.82) is 0 Å². The minimum atomic E-state index is -0.346. The SMILES string of the molecule is CC1(C)OB(c2ccc3sc4cccc(Cl)c4c3c2)OC1(C)C. The van der Waals surface area contributed by atoms with E-state index >= 15 is 0 Å². The van der Waals surface area contributed by atoms with Gasteiger partial charge in [0.15, 0.2) is 0 Å². The molecule has 118 valence electrons. The lowest BCUT2D eigenvalue weighted by Crippen LogP contribution is -2.41. The molecular weight excluding hydrogens is 327 g/mol. The number of hydrogen-bond acceptors (Lipinski definition) is 3. The second-order valence-corrected chi connectivity index (χ2v) is 8.55. The van der Waals surface area contributed by atoms with Crippen LogP contribution in [0.25, 0.3) is 20.2 Å². The molecule has 5 heteroatoms. The number of hydrogen-bond donors (Lipinski definition) is 0. The molecule has 23 heavy (non-hydrogen) atoms. The minimum absolute atomic E-state index is 0.332. The minimum Gasteiger partial charge on any atom is -0.399 e. The van der Waals surface area contributed by atoms with Gasteiger partial charge >= 0.3 is 7.12 Å². The van der Waals surface area contributed by atoms with Crippen molar-refractivity contribution in [2.75, 3.05) is 0 Å². The third kappa shape index (κ3) is 2.32. The van der Waals surface area contributed by atoms with Crippen molar-refractivity contribution in [1.82, 2.24) is 0 Å². The van der Waals surface area contributed by atoms with Crippen LogP contribution >= 0.6 is 22.9 Å². The van der Waals surface area contributed by atoms with E-state index in [0.29, 0.717) is 0 Å². The van der Waals surface area contributed by atoms with Crippen LogP contribution in [-0.4, -0.2) is 18.3 Å². The lowest BCUT2D eigenvalue weighted by molar-refractivity contribution is 0.00578. The fourth-order valence-electron chi connectivity index (χ4n) is 2.93. The summed E-state index contributed by atoms with van der Waals surface area (Å²) >= 11 is 8.18. The molecule has 0 amide bonds. The van der Waals surface area contributed by atoms with Gasteiger partial charge in [0.25, 0.3) is 0 Å². The average molecular weight is 345 g/mol. The van der Waals surface area contributed by atoms with Gasteiger partial charge in [0.1, 0.15) is 0 Å². The molecule has 1 fully saturated rings. The van der Waals surface area contributed by atoms with Gasteiger partial charge in [0, 0.05) is 25.2 Å². The first-order chi connectivity index (χ1) is 10.8. The summed E-state index contributed by atoms with van der Waals surface area (Å²) in [5, 5.41) is 3.08. The monoisotopic (exact) mass is 344 g/mol. The first kappa shape index (κ1) is 15.5. The summed E-state index contributed by atoms with van der Waals surface area (Å²) in [4.78, 5) is 0. The van der Waals surface area contributed by atoms with Crippen molar-refractivity contribution in [3.8, 4) is 0 Å². The Morgan fingerprint density at radius 1 is 0.957 bits per heavy atom. The normalized spacial score (nSPS) is 19.8. The van der Waals surface area contributed by atoms with E-state index in [4.69, 9.17) is 20.9 Å². The molecule has 4 rings (SSSR count). The molecule has 1 aliphatic heterocycles. The van der Waals surface area contributed by atoms with E-state index in [-0.39, 0.29) is 18.3 Å². The Hall–Kier alpha value is -1.07. The molecule has 0 atom stereocenters. The van der Waals surface area contributed by atoms with Gasteiger partial charge in [-0.25, -0.2) is 0 Å².